The normalized spacial score (nSPS) is 24.3. The number of nitrogens with one attached hydrogen (secondary N) is 1. The second-order valence-electron chi connectivity index (χ2n) is 2.83. The standard InChI is InChI=1S/C8H17NOS/c1-9-10-6-2-4-8-5-3-7-11-8/h8-9H,2-7H2,1H3. The van der Waals surface area contributed by atoms with Gasteiger partial charge in [0.15, 0.2) is 0 Å². The van der Waals surface area contributed by atoms with Gasteiger partial charge in [0, 0.05) is 12.3 Å². The highest BCUT2D eigenvalue weighted by Gasteiger charge is 2.14. The fourth-order valence-electron chi connectivity index (χ4n) is 1.36. The van der Waals surface area contributed by atoms with Gasteiger partial charge in [0.25, 0.3) is 0 Å². The van der Waals surface area contributed by atoms with Crippen molar-refractivity contribution < 1.29 is 4.84 Å². The molecule has 1 N–H and O–H groups in total. The van der Waals surface area contributed by atoms with Crippen molar-refractivity contribution in [3.8, 4) is 0 Å². The highest BCUT2D eigenvalue weighted by Crippen LogP contribution is 2.29. The van der Waals surface area contributed by atoms with E-state index in [-0.39, 0.29) is 0 Å². The Kier molecular flexibility index (Phi) is 4.99. The Balaban J connectivity index is 1.86. The molecule has 1 aliphatic heterocycles. The van der Waals surface area contributed by atoms with Gasteiger partial charge in [-0.2, -0.15) is 11.8 Å². The Hall–Kier alpha value is 0.270. The van der Waals surface area contributed by atoms with Gasteiger partial charge in [-0.25, -0.2) is 5.48 Å². The summed E-state index contributed by atoms with van der Waals surface area (Å²) in [5.41, 5.74) is 2.69. The van der Waals surface area contributed by atoms with E-state index in [2.05, 4.69) is 17.2 Å². The minimum Gasteiger partial charge on any atom is -0.302 e. The molecule has 1 fully saturated rings. The summed E-state index contributed by atoms with van der Waals surface area (Å²) in [6.45, 7) is 0.855. The topological polar surface area (TPSA) is 21.3 Å². The van der Waals surface area contributed by atoms with E-state index in [1.54, 1.807) is 0 Å². The predicted octanol–water partition coefficient (Wildman–Crippen LogP) is 1.81. The molecule has 0 aromatic carbocycles. The zero-order valence-corrected chi connectivity index (χ0v) is 7.95. The van der Waals surface area contributed by atoms with E-state index in [1.807, 2.05) is 7.05 Å². The third-order valence-electron chi connectivity index (χ3n) is 1.94. The summed E-state index contributed by atoms with van der Waals surface area (Å²) in [6, 6.07) is 0. The zero-order chi connectivity index (χ0) is 7.94. The molecule has 0 aromatic rings. The van der Waals surface area contributed by atoms with Gasteiger partial charge in [0.05, 0.1) is 6.61 Å². The number of hydroxylamine groups is 1. The molecule has 1 atom stereocenters. The fraction of sp³-hybridized carbons (Fsp3) is 1.00. The molecule has 2 nitrogen and oxygen atoms in total. The smallest absolute Gasteiger partial charge is 0.0682 e. The monoisotopic (exact) mass is 175 g/mol. The van der Waals surface area contributed by atoms with E-state index in [0.29, 0.717) is 0 Å². The molecule has 0 aliphatic carbocycles. The van der Waals surface area contributed by atoms with Crippen molar-refractivity contribution in [1.29, 1.82) is 0 Å². The maximum absolute atomic E-state index is 5.03. The predicted molar refractivity (Wildman–Crippen MR) is 49.7 cm³/mol. The van der Waals surface area contributed by atoms with Crippen molar-refractivity contribution in [3.63, 3.8) is 0 Å². The Morgan fingerprint density at radius 2 is 2.55 bits per heavy atom. The zero-order valence-electron chi connectivity index (χ0n) is 7.14. The Morgan fingerprint density at radius 1 is 1.64 bits per heavy atom. The molecule has 0 amide bonds. The van der Waals surface area contributed by atoms with Gasteiger partial charge in [-0.15, -0.1) is 0 Å². The fourth-order valence-corrected chi connectivity index (χ4v) is 2.69. The van der Waals surface area contributed by atoms with E-state index in [0.717, 1.165) is 11.9 Å². The largest absolute Gasteiger partial charge is 0.302 e. The van der Waals surface area contributed by atoms with Crippen LogP contribution in [-0.4, -0.2) is 24.7 Å². The van der Waals surface area contributed by atoms with Crippen LogP contribution in [0, 0.1) is 0 Å². The molecular weight excluding hydrogens is 158 g/mol. The summed E-state index contributed by atoms with van der Waals surface area (Å²) in [5.74, 6) is 1.37. The van der Waals surface area contributed by atoms with E-state index in [1.165, 1.54) is 31.4 Å². The summed E-state index contributed by atoms with van der Waals surface area (Å²) in [6.07, 6.45) is 5.36. The number of thioether (sulfide) groups is 1. The van der Waals surface area contributed by atoms with Gasteiger partial charge >= 0.3 is 0 Å². The number of hydrogen-bond donors (Lipinski definition) is 1. The summed E-state index contributed by atoms with van der Waals surface area (Å²) in [5, 5.41) is 0.926. The highest BCUT2D eigenvalue weighted by molar-refractivity contribution is 8.00. The molecule has 1 heterocycles. The molecule has 0 aromatic heterocycles. The molecule has 3 heteroatoms. The van der Waals surface area contributed by atoms with Crippen LogP contribution in [0.15, 0.2) is 0 Å². The summed E-state index contributed by atoms with van der Waals surface area (Å²) in [4.78, 5) is 5.03. The number of hydrogen-bond acceptors (Lipinski definition) is 3. The summed E-state index contributed by atoms with van der Waals surface area (Å²) in [7, 11) is 1.81. The van der Waals surface area contributed by atoms with Crippen molar-refractivity contribution in [2.24, 2.45) is 0 Å². The molecule has 1 aliphatic rings. The quantitative estimate of drug-likeness (QED) is 0.508. The maximum Gasteiger partial charge on any atom is 0.0682 e. The van der Waals surface area contributed by atoms with E-state index in [9.17, 15) is 0 Å². The first-order chi connectivity index (χ1) is 5.43. The first-order valence-electron chi connectivity index (χ1n) is 4.33. The first kappa shape index (κ1) is 9.36. The van der Waals surface area contributed by atoms with Gasteiger partial charge in [-0.1, -0.05) is 0 Å². The molecule has 0 saturated carbocycles. The summed E-state index contributed by atoms with van der Waals surface area (Å²) < 4.78 is 0. The minimum atomic E-state index is 0.855. The van der Waals surface area contributed by atoms with Gasteiger partial charge in [0.1, 0.15) is 0 Å². The van der Waals surface area contributed by atoms with Crippen LogP contribution in [0.5, 0.6) is 0 Å². The molecule has 1 unspecified atom stereocenters. The van der Waals surface area contributed by atoms with Gasteiger partial charge in [0.2, 0.25) is 0 Å². The third kappa shape index (κ3) is 3.99. The van der Waals surface area contributed by atoms with E-state index < -0.39 is 0 Å². The molecule has 0 radical (unpaired) electrons. The van der Waals surface area contributed by atoms with Crippen molar-refractivity contribution in [1.82, 2.24) is 5.48 Å². The Morgan fingerprint density at radius 3 is 3.18 bits per heavy atom. The van der Waals surface area contributed by atoms with Crippen LogP contribution in [0.4, 0.5) is 0 Å². The molecule has 0 bridgehead atoms. The Labute approximate surface area is 73.0 Å². The van der Waals surface area contributed by atoms with Crippen molar-refractivity contribution in [2.75, 3.05) is 19.4 Å². The lowest BCUT2D eigenvalue weighted by molar-refractivity contribution is 0.0553. The SMILES string of the molecule is CNOCCCC1CCCS1. The van der Waals surface area contributed by atoms with Crippen molar-refractivity contribution in [3.05, 3.63) is 0 Å². The lowest BCUT2D eigenvalue weighted by Gasteiger charge is -2.06. The lowest BCUT2D eigenvalue weighted by atomic mass is 10.2. The van der Waals surface area contributed by atoms with Crippen LogP contribution >= 0.6 is 11.8 Å². The van der Waals surface area contributed by atoms with Crippen molar-refractivity contribution in [2.45, 2.75) is 30.9 Å². The van der Waals surface area contributed by atoms with Crippen LogP contribution in [0.25, 0.3) is 0 Å². The first-order valence-corrected chi connectivity index (χ1v) is 5.38. The Bertz CT molecular complexity index is 94.1. The molecule has 1 saturated heterocycles. The molecular formula is C8H17NOS. The highest BCUT2D eigenvalue weighted by atomic mass is 32.2. The molecule has 0 spiro atoms. The van der Waals surface area contributed by atoms with E-state index in [4.69, 9.17) is 4.84 Å². The second-order valence-corrected chi connectivity index (χ2v) is 4.24. The molecule has 11 heavy (non-hydrogen) atoms. The third-order valence-corrected chi connectivity index (χ3v) is 3.41. The average Bonchev–Trinajstić information content (AvgIpc) is 2.50. The minimum absolute atomic E-state index is 0.855. The van der Waals surface area contributed by atoms with Crippen LogP contribution in [0.2, 0.25) is 0 Å². The van der Waals surface area contributed by atoms with Gasteiger partial charge in [-0.3, -0.25) is 0 Å². The maximum atomic E-state index is 5.03. The molecule has 1 rings (SSSR count). The summed E-state index contributed by atoms with van der Waals surface area (Å²) >= 11 is 2.12. The number of rotatable bonds is 5. The lowest BCUT2D eigenvalue weighted by Crippen LogP contribution is -2.09. The van der Waals surface area contributed by atoms with Crippen LogP contribution in [0.3, 0.4) is 0 Å². The van der Waals surface area contributed by atoms with E-state index >= 15 is 0 Å². The average molecular weight is 175 g/mol. The van der Waals surface area contributed by atoms with Crippen LogP contribution in [-0.2, 0) is 4.84 Å². The molecule has 66 valence electrons. The van der Waals surface area contributed by atoms with Crippen LogP contribution in [0.1, 0.15) is 25.7 Å². The second kappa shape index (κ2) is 5.86. The van der Waals surface area contributed by atoms with Crippen molar-refractivity contribution >= 4 is 11.8 Å². The van der Waals surface area contributed by atoms with Gasteiger partial charge < -0.3 is 4.84 Å². The van der Waals surface area contributed by atoms with Crippen LogP contribution < -0.4 is 5.48 Å². The van der Waals surface area contributed by atoms with Gasteiger partial charge in [-0.05, 0) is 31.4 Å².